The van der Waals surface area contributed by atoms with E-state index < -0.39 is 11.8 Å². The average Bonchev–Trinajstić information content (AvgIpc) is 3.08. The first kappa shape index (κ1) is 22.0. The molecule has 4 rings (SSSR count). The topological polar surface area (TPSA) is 77.1 Å². The monoisotopic (exact) mass is 444 g/mol. The normalized spacial score (nSPS) is 13.4. The first-order valence-electron chi connectivity index (χ1n) is 10.3. The van der Waals surface area contributed by atoms with Crippen molar-refractivity contribution in [2.24, 2.45) is 0 Å². The van der Waals surface area contributed by atoms with Gasteiger partial charge in [-0.3, -0.25) is 9.59 Å². The molecule has 168 valence electrons. The second kappa shape index (κ2) is 9.08. The molecule has 7 heteroatoms. The van der Waals surface area contributed by atoms with Crippen molar-refractivity contribution < 1.29 is 23.8 Å². The van der Waals surface area contributed by atoms with Gasteiger partial charge in [-0.2, -0.15) is 0 Å². The van der Waals surface area contributed by atoms with Gasteiger partial charge in [0, 0.05) is 11.6 Å². The fraction of sp³-hybridized carbons (Fsp3) is 0.154. The van der Waals surface area contributed by atoms with Gasteiger partial charge < -0.3 is 19.5 Å². The Balaban J connectivity index is 1.91. The summed E-state index contributed by atoms with van der Waals surface area (Å²) in [6.07, 6.45) is 0. The Labute approximate surface area is 192 Å². The lowest BCUT2D eigenvalue weighted by Crippen LogP contribution is -2.33. The molecule has 0 spiro atoms. The summed E-state index contributed by atoms with van der Waals surface area (Å²) >= 11 is 0. The number of hydrogen-bond donors (Lipinski definition) is 1. The van der Waals surface area contributed by atoms with Crippen molar-refractivity contribution in [3.8, 4) is 17.2 Å². The number of benzene rings is 3. The number of para-hydroxylation sites is 2. The van der Waals surface area contributed by atoms with E-state index in [1.165, 1.54) is 19.1 Å². The van der Waals surface area contributed by atoms with Crippen LogP contribution in [-0.2, 0) is 9.59 Å². The molecule has 33 heavy (non-hydrogen) atoms. The summed E-state index contributed by atoms with van der Waals surface area (Å²) < 4.78 is 16.3. The fourth-order valence-electron chi connectivity index (χ4n) is 3.83. The van der Waals surface area contributed by atoms with Gasteiger partial charge in [0.25, 0.3) is 11.8 Å². The van der Waals surface area contributed by atoms with Crippen LogP contribution in [0.2, 0.25) is 0 Å². The van der Waals surface area contributed by atoms with Gasteiger partial charge in [0.15, 0.2) is 0 Å². The van der Waals surface area contributed by atoms with Crippen molar-refractivity contribution in [3.63, 3.8) is 0 Å². The minimum atomic E-state index is -0.472. The van der Waals surface area contributed by atoms with Crippen LogP contribution in [0.15, 0.2) is 72.4 Å². The Hall–Kier alpha value is -4.26. The quantitative estimate of drug-likeness (QED) is 0.544. The van der Waals surface area contributed by atoms with E-state index in [2.05, 4.69) is 5.32 Å². The molecule has 0 unspecified atom stereocenters. The number of carbonyl (C=O) groups excluding carboxylic acids is 2. The number of imide groups is 1. The third-order valence-corrected chi connectivity index (χ3v) is 5.48. The molecule has 0 radical (unpaired) electrons. The van der Waals surface area contributed by atoms with Crippen LogP contribution in [0.3, 0.4) is 0 Å². The Bertz CT molecular complexity index is 1270. The van der Waals surface area contributed by atoms with Crippen molar-refractivity contribution in [1.29, 1.82) is 0 Å². The Morgan fingerprint density at radius 2 is 1.45 bits per heavy atom. The maximum atomic E-state index is 13.7. The summed E-state index contributed by atoms with van der Waals surface area (Å²) in [4.78, 5) is 28.6. The standard InChI is InChI=1S/C26H24N2O5/c1-16-9-5-7-11-20(16)28-25(29)23(18-10-6-8-12-21(18)32-3)24(26(28)30)27-19-15-17(31-2)13-14-22(19)33-4/h5-15,27H,1-4H3. The number of rotatable bonds is 7. The highest BCUT2D eigenvalue weighted by Gasteiger charge is 2.42. The van der Waals surface area contributed by atoms with E-state index in [9.17, 15) is 9.59 Å². The molecular weight excluding hydrogens is 420 g/mol. The molecule has 3 aromatic rings. The summed E-state index contributed by atoms with van der Waals surface area (Å²) in [5.74, 6) is 0.642. The van der Waals surface area contributed by atoms with Gasteiger partial charge in [-0.1, -0.05) is 36.4 Å². The van der Waals surface area contributed by atoms with Gasteiger partial charge in [0.2, 0.25) is 0 Å². The Morgan fingerprint density at radius 3 is 2.15 bits per heavy atom. The van der Waals surface area contributed by atoms with Crippen LogP contribution in [-0.4, -0.2) is 33.1 Å². The summed E-state index contributed by atoms with van der Waals surface area (Å²) in [6, 6.07) is 19.6. The molecule has 0 saturated carbocycles. The summed E-state index contributed by atoms with van der Waals surface area (Å²) in [6.45, 7) is 1.86. The van der Waals surface area contributed by atoms with E-state index in [0.29, 0.717) is 34.2 Å². The summed E-state index contributed by atoms with van der Waals surface area (Å²) in [5.41, 5.74) is 2.67. The number of nitrogens with zero attached hydrogens (tertiary/aromatic N) is 1. The minimum Gasteiger partial charge on any atom is -0.497 e. The van der Waals surface area contributed by atoms with Gasteiger partial charge in [0.05, 0.1) is 38.3 Å². The summed E-state index contributed by atoms with van der Waals surface area (Å²) in [7, 11) is 4.61. The molecule has 1 aliphatic heterocycles. The maximum Gasteiger partial charge on any atom is 0.282 e. The molecule has 0 aliphatic carbocycles. The number of nitrogens with one attached hydrogen (secondary N) is 1. The fourth-order valence-corrected chi connectivity index (χ4v) is 3.83. The van der Waals surface area contributed by atoms with Gasteiger partial charge in [-0.25, -0.2) is 4.90 Å². The molecule has 1 aliphatic rings. The van der Waals surface area contributed by atoms with Crippen LogP contribution < -0.4 is 24.4 Å². The van der Waals surface area contributed by atoms with Crippen LogP contribution in [0.5, 0.6) is 17.2 Å². The SMILES string of the molecule is COc1ccc(OC)c(NC2=C(c3ccccc3OC)C(=O)N(c3ccccc3C)C2=O)c1. The van der Waals surface area contributed by atoms with Crippen LogP contribution in [0.1, 0.15) is 11.1 Å². The van der Waals surface area contributed by atoms with Crippen molar-refractivity contribution in [1.82, 2.24) is 0 Å². The molecule has 0 saturated heterocycles. The number of anilines is 2. The molecule has 0 atom stereocenters. The van der Waals surface area contributed by atoms with E-state index in [-0.39, 0.29) is 11.3 Å². The van der Waals surface area contributed by atoms with Crippen LogP contribution in [0, 0.1) is 6.92 Å². The van der Waals surface area contributed by atoms with E-state index in [1.54, 1.807) is 61.7 Å². The molecule has 0 fully saturated rings. The number of amides is 2. The first-order valence-corrected chi connectivity index (χ1v) is 10.3. The molecule has 0 aromatic heterocycles. The molecule has 3 aromatic carbocycles. The number of carbonyl (C=O) groups is 2. The number of methoxy groups -OCH3 is 3. The van der Waals surface area contributed by atoms with Crippen molar-refractivity contribution in [3.05, 3.63) is 83.6 Å². The molecular formula is C26H24N2O5. The Morgan fingerprint density at radius 1 is 0.758 bits per heavy atom. The zero-order valence-electron chi connectivity index (χ0n) is 18.8. The second-order valence-electron chi connectivity index (χ2n) is 7.37. The summed E-state index contributed by atoms with van der Waals surface area (Å²) in [5, 5.41) is 3.14. The lowest BCUT2D eigenvalue weighted by molar-refractivity contribution is -0.120. The van der Waals surface area contributed by atoms with Crippen LogP contribution in [0.4, 0.5) is 11.4 Å². The largest absolute Gasteiger partial charge is 0.497 e. The van der Waals surface area contributed by atoms with E-state index in [0.717, 1.165) is 5.56 Å². The lowest BCUT2D eigenvalue weighted by atomic mass is 10.0. The maximum absolute atomic E-state index is 13.7. The van der Waals surface area contributed by atoms with Crippen LogP contribution in [0.25, 0.3) is 5.57 Å². The van der Waals surface area contributed by atoms with Crippen molar-refractivity contribution in [2.45, 2.75) is 6.92 Å². The molecule has 2 amide bonds. The lowest BCUT2D eigenvalue weighted by Gasteiger charge is -2.18. The number of hydrogen-bond acceptors (Lipinski definition) is 6. The molecule has 1 N–H and O–H groups in total. The van der Waals surface area contributed by atoms with E-state index in [4.69, 9.17) is 14.2 Å². The molecule has 0 bridgehead atoms. The first-order chi connectivity index (χ1) is 16.0. The van der Waals surface area contributed by atoms with Gasteiger partial charge >= 0.3 is 0 Å². The smallest absolute Gasteiger partial charge is 0.282 e. The highest BCUT2D eigenvalue weighted by Crippen LogP contribution is 2.39. The minimum absolute atomic E-state index is 0.124. The predicted molar refractivity (Wildman–Crippen MR) is 127 cm³/mol. The highest BCUT2D eigenvalue weighted by atomic mass is 16.5. The molecule has 1 heterocycles. The zero-order chi connectivity index (χ0) is 23.5. The van der Waals surface area contributed by atoms with Crippen molar-refractivity contribution in [2.75, 3.05) is 31.5 Å². The van der Waals surface area contributed by atoms with E-state index in [1.807, 2.05) is 19.1 Å². The molecule has 7 nitrogen and oxygen atoms in total. The number of ether oxygens (including phenoxy) is 3. The second-order valence-corrected chi connectivity index (χ2v) is 7.37. The van der Waals surface area contributed by atoms with Gasteiger partial charge in [-0.05, 0) is 36.8 Å². The van der Waals surface area contributed by atoms with Gasteiger partial charge in [-0.15, -0.1) is 0 Å². The van der Waals surface area contributed by atoms with Gasteiger partial charge in [0.1, 0.15) is 22.9 Å². The predicted octanol–water partition coefficient (Wildman–Crippen LogP) is 4.42. The average molecular weight is 444 g/mol. The zero-order valence-corrected chi connectivity index (χ0v) is 18.8. The third kappa shape index (κ3) is 3.89. The van der Waals surface area contributed by atoms with Crippen LogP contribution >= 0.6 is 0 Å². The van der Waals surface area contributed by atoms with E-state index >= 15 is 0 Å². The number of aryl methyl sites for hydroxylation is 1. The van der Waals surface area contributed by atoms with Crippen molar-refractivity contribution >= 4 is 28.8 Å². The highest BCUT2D eigenvalue weighted by molar-refractivity contribution is 6.46. The Kier molecular flexibility index (Phi) is 6.04. The third-order valence-electron chi connectivity index (χ3n) is 5.48.